The molecule has 1 N–H and O–H groups in total. The summed E-state index contributed by atoms with van der Waals surface area (Å²) in [6, 6.07) is 5.74. The van der Waals surface area contributed by atoms with Crippen molar-refractivity contribution in [1.29, 1.82) is 0 Å². The standard InChI is InChI=1S/C27H31F3N2O4/c1-4-27(5-2)24(32(26(27)35)20-7-6-17(25(29)30)12-22(20)34)18-13-19(28)21(14-23(18)36-3)31-10-8-16(15-33)9-11-31/h6-7,12-16,24-25,34H,4-5,8-11H2,1-3H3/t24-/m0/s1. The van der Waals surface area contributed by atoms with Gasteiger partial charge in [0.1, 0.15) is 23.6 Å². The van der Waals surface area contributed by atoms with Gasteiger partial charge in [-0.25, -0.2) is 13.2 Å². The average molecular weight is 505 g/mol. The number of aromatic hydroxyl groups is 1. The lowest BCUT2D eigenvalue weighted by atomic mass is 9.64. The number of rotatable bonds is 8. The van der Waals surface area contributed by atoms with Crippen molar-refractivity contribution >= 4 is 23.6 Å². The number of ether oxygens (including phenoxy) is 1. The lowest BCUT2D eigenvalue weighted by molar-refractivity contribution is -0.141. The van der Waals surface area contributed by atoms with E-state index in [2.05, 4.69) is 0 Å². The number of carbonyl (C=O) groups is 2. The van der Waals surface area contributed by atoms with Crippen LogP contribution < -0.4 is 14.5 Å². The van der Waals surface area contributed by atoms with Crippen molar-refractivity contribution < 1.29 is 32.6 Å². The van der Waals surface area contributed by atoms with Crippen LogP contribution >= 0.6 is 0 Å². The van der Waals surface area contributed by atoms with Crippen LogP contribution in [0.1, 0.15) is 63.1 Å². The van der Waals surface area contributed by atoms with Crippen molar-refractivity contribution in [3.63, 3.8) is 0 Å². The predicted octanol–water partition coefficient (Wildman–Crippen LogP) is 5.79. The molecule has 2 aliphatic rings. The van der Waals surface area contributed by atoms with E-state index in [4.69, 9.17) is 4.74 Å². The van der Waals surface area contributed by atoms with Gasteiger partial charge in [-0.2, -0.15) is 0 Å². The zero-order valence-electron chi connectivity index (χ0n) is 20.6. The first kappa shape index (κ1) is 25.9. The Bertz CT molecular complexity index is 1140. The Labute approximate surface area is 208 Å². The van der Waals surface area contributed by atoms with E-state index in [1.807, 2.05) is 18.7 Å². The molecule has 1 amide bonds. The Morgan fingerprint density at radius 2 is 1.81 bits per heavy atom. The summed E-state index contributed by atoms with van der Waals surface area (Å²) in [7, 11) is 1.47. The molecule has 2 fully saturated rings. The molecule has 0 aliphatic carbocycles. The second-order valence-corrected chi connectivity index (χ2v) is 9.50. The minimum Gasteiger partial charge on any atom is -0.506 e. The number of carbonyl (C=O) groups excluding carboxylic acids is 2. The maximum absolute atomic E-state index is 15.6. The Hall–Kier alpha value is -3.23. The van der Waals surface area contributed by atoms with Crippen molar-refractivity contribution in [3.05, 3.63) is 47.3 Å². The van der Waals surface area contributed by atoms with Crippen LogP contribution in [0.2, 0.25) is 0 Å². The van der Waals surface area contributed by atoms with E-state index in [1.165, 1.54) is 30.2 Å². The Morgan fingerprint density at radius 1 is 1.14 bits per heavy atom. The molecule has 0 bridgehead atoms. The number of hydrogen-bond donors (Lipinski definition) is 1. The van der Waals surface area contributed by atoms with Gasteiger partial charge in [-0.15, -0.1) is 0 Å². The second-order valence-electron chi connectivity index (χ2n) is 9.50. The third kappa shape index (κ3) is 4.08. The first-order valence-corrected chi connectivity index (χ1v) is 12.2. The van der Waals surface area contributed by atoms with Gasteiger partial charge in [0.2, 0.25) is 5.91 Å². The lowest BCUT2D eigenvalue weighted by Crippen LogP contribution is -2.63. The van der Waals surface area contributed by atoms with E-state index in [0.717, 1.165) is 12.4 Å². The minimum absolute atomic E-state index is 0.0288. The fourth-order valence-corrected chi connectivity index (χ4v) is 5.63. The summed E-state index contributed by atoms with van der Waals surface area (Å²) in [4.78, 5) is 27.8. The van der Waals surface area contributed by atoms with Crippen LogP contribution in [0, 0.1) is 17.2 Å². The van der Waals surface area contributed by atoms with Crippen LogP contribution in [0.25, 0.3) is 0 Å². The number of piperidine rings is 1. The SMILES string of the molecule is CCC1(CC)C(=O)N(c2ccc(C(F)F)cc2O)[C@H]1c1cc(F)c(N2CCC(C=O)CC2)cc1OC. The number of phenolic OH excluding ortho intramolecular Hbond substituents is 1. The third-order valence-corrected chi connectivity index (χ3v) is 7.87. The van der Waals surface area contributed by atoms with Crippen LogP contribution in [0.15, 0.2) is 30.3 Å². The van der Waals surface area contributed by atoms with Gasteiger partial charge in [-0.05, 0) is 43.9 Å². The van der Waals surface area contributed by atoms with E-state index < -0.39 is 29.4 Å². The van der Waals surface area contributed by atoms with Gasteiger partial charge in [-0.1, -0.05) is 19.9 Å². The summed E-state index contributed by atoms with van der Waals surface area (Å²) in [5.41, 5.74) is -0.321. The summed E-state index contributed by atoms with van der Waals surface area (Å²) in [5, 5.41) is 10.5. The first-order chi connectivity index (χ1) is 17.2. The molecular weight excluding hydrogens is 473 g/mol. The number of hydrogen-bond acceptors (Lipinski definition) is 5. The van der Waals surface area contributed by atoms with Crippen LogP contribution in [-0.2, 0) is 9.59 Å². The van der Waals surface area contributed by atoms with Crippen molar-refractivity contribution in [2.24, 2.45) is 11.3 Å². The summed E-state index contributed by atoms with van der Waals surface area (Å²) in [5.74, 6) is -0.825. The normalized spacial score (nSPS) is 20.0. The predicted molar refractivity (Wildman–Crippen MR) is 130 cm³/mol. The Balaban J connectivity index is 1.78. The highest BCUT2D eigenvalue weighted by atomic mass is 19.3. The number of methoxy groups -OCH3 is 1. The van der Waals surface area contributed by atoms with Gasteiger partial charge in [0.15, 0.2) is 0 Å². The average Bonchev–Trinajstić information content (AvgIpc) is 2.88. The summed E-state index contributed by atoms with van der Waals surface area (Å²) >= 11 is 0. The third-order valence-electron chi connectivity index (χ3n) is 7.87. The number of nitrogens with zero attached hydrogens (tertiary/aromatic N) is 2. The molecule has 2 saturated heterocycles. The second kappa shape index (κ2) is 10.0. The summed E-state index contributed by atoms with van der Waals surface area (Å²) in [6.07, 6.45) is 0.381. The summed E-state index contributed by atoms with van der Waals surface area (Å²) < 4.78 is 47.5. The van der Waals surface area contributed by atoms with Crippen LogP contribution in [0.4, 0.5) is 24.5 Å². The molecule has 9 heteroatoms. The van der Waals surface area contributed by atoms with E-state index >= 15 is 4.39 Å². The molecule has 0 unspecified atom stereocenters. The highest BCUT2D eigenvalue weighted by Gasteiger charge is 2.60. The van der Waals surface area contributed by atoms with Crippen LogP contribution in [0.5, 0.6) is 11.5 Å². The van der Waals surface area contributed by atoms with Crippen LogP contribution in [0.3, 0.4) is 0 Å². The highest BCUT2D eigenvalue weighted by Crippen LogP contribution is 2.59. The zero-order chi connectivity index (χ0) is 26.2. The van der Waals surface area contributed by atoms with Gasteiger partial charge >= 0.3 is 0 Å². The van der Waals surface area contributed by atoms with Crippen LogP contribution in [-0.4, -0.2) is 37.5 Å². The molecule has 4 rings (SSSR count). The van der Waals surface area contributed by atoms with E-state index in [0.29, 0.717) is 55.8 Å². The number of aldehydes is 1. The number of anilines is 2. The number of benzene rings is 2. The van der Waals surface area contributed by atoms with Crippen molar-refractivity contribution in [2.45, 2.75) is 52.0 Å². The fourth-order valence-electron chi connectivity index (χ4n) is 5.63. The Kier molecular flexibility index (Phi) is 7.20. The maximum atomic E-state index is 15.6. The van der Waals surface area contributed by atoms with E-state index in [9.17, 15) is 23.5 Å². The molecule has 194 valence electrons. The molecule has 2 aromatic carbocycles. The Morgan fingerprint density at radius 3 is 2.33 bits per heavy atom. The number of halogens is 3. The molecule has 1 atom stereocenters. The van der Waals surface area contributed by atoms with Crippen molar-refractivity contribution in [2.75, 3.05) is 30.0 Å². The number of β-lactam (4-membered cyclic amide) rings is 1. The minimum atomic E-state index is -2.77. The molecular formula is C27H31F3N2O4. The molecule has 2 aliphatic heterocycles. The largest absolute Gasteiger partial charge is 0.506 e. The van der Waals surface area contributed by atoms with Gasteiger partial charge in [0.25, 0.3) is 6.43 Å². The molecule has 0 saturated carbocycles. The highest BCUT2D eigenvalue weighted by molar-refractivity contribution is 6.07. The maximum Gasteiger partial charge on any atom is 0.263 e. The van der Waals surface area contributed by atoms with Gasteiger partial charge in [-0.3, -0.25) is 9.69 Å². The lowest BCUT2D eigenvalue weighted by Gasteiger charge is -2.56. The molecule has 2 aromatic rings. The van der Waals surface area contributed by atoms with Crippen molar-refractivity contribution in [3.8, 4) is 11.5 Å². The van der Waals surface area contributed by atoms with Crippen molar-refractivity contribution in [1.82, 2.24) is 0 Å². The monoisotopic (exact) mass is 504 g/mol. The van der Waals surface area contributed by atoms with Gasteiger partial charge in [0, 0.05) is 36.2 Å². The molecule has 0 spiro atoms. The van der Waals surface area contributed by atoms with Gasteiger partial charge in [0.05, 0.1) is 29.9 Å². The quantitative estimate of drug-likeness (QED) is 0.364. The van der Waals surface area contributed by atoms with E-state index in [-0.39, 0.29) is 23.1 Å². The molecule has 0 aromatic heterocycles. The molecule has 6 nitrogen and oxygen atoms in total. The molecule has 2 heterocycles. The smallest absolute Gasteiger partial charge is 0.263 e. The number of amides is 1. The van der Waals surface area contributed by atoms with Gasteiger partial charge < -0.3 is 19.5 Å². The molecule has 0 radical (unpaired) electrons. The van der Waals surface area contributed by atoms with E-state index in [1.54, 1.807) is 6.07 Å². The molecule has 36 heavy (non-hydrogen) atoms. The number of phenols is 1. The summed E-state index contributed by atoms with van der Waals surface area (Å²) in [6.45, 7) is 4.82. The zero-order valence-corrected chi connectivity index (χ0v) is 20.6. The number of alkyl halides is 2. The first-order valence-electron chi connectivity index (χ1n) is 12.2. The topological polar surface area (TPSA) is 70.1 Å². The fraction of sp³-hybridized carbons (Fsp3) is 0.481.